The number of aliphatic imine (C=N–C) groups is 1. The predicted molar refractivity (Wildman–Crippen MR) is 192 cm³/mol. The first-order chi connectivity index (χ1) is 21.0. The number of amides is 3. The molecule has 1 rings (SSSR count). The fourth-order valence-electron chi connectivity index (χ4n) is 4.18. The summed E-state index contributed by atoms with van der Waals surface area (Å²) in [5.74, 6) is -0.243. The van der Waals surface area contributed by atoms with Gasteiger partial charge in [0.2, 0.25) is 17.7 Å². The number of unbranched alkanes of at least 4 members (excludes halogenated alkanes) is 1. The number of carbonyl (C=O) groups is 3. The molecule has 15 heteroatoms. The summed E-state index contributed by atoms with van der Waals surface area (Å²) in [5.41, 5.74) is 17.3. The highest BCUT2D eigenvalue weighted by Crippen LogP contribution is 2.27. The van der Waals surface area contributed by atoms with Crippen molar-refractivity contribution in [2.75, 3.05) is 45.8 Å². The number of benzene rings is 1. The number of phenolic OH excluding ortho intramolecular Hbond substituents is 1. The maximum absolute atomic E-state index is 12.9. The Morgan fingerprint density at radius 1 is 0.864 bits per heavy atom. The van der Waals surface area contributed by atoms with Crippen LogP contribution >= 0.6 is 45.2 Å². The molecule has 2 atom stereocenters. The largest absolute Gasteiger partial charge is 0.506 e. The standard InChI is InChI=1S/C29H51I2N9O4/c1-2-8-25(41)40-24(19-20-17-21(30)26(42)22(31)18-20)28(44)38-16-7-13-36-11-4-3-10-35-12-6-15-37-27(43)23(32)9-5-14-39-29(33)34/h17-18,23-24,35-36,42H,2-16,19,32H2,1H3,(H,37,43)(H,38,44)(H,40,41)(H4,33,34,39)/t23-,24-/m0/s1. The highest BCUT2D eigenvalue weighted by Gasteiger charge is 2.21. The van der Waals surface area contributed by atoms with Gasteiger partial charge in [-0.05, 0) is 134 Å². The molecule has 1 aromatic carbocycles. The molecule has 0 fully saturated rings. The fourth-order valence-corrected chi connectivity index (χ4v) is 6.08. The summed E-state index contributed by atoms with van der Waals surface area (Å²) in [6, 6.07) is 2.44. The minimum Gasteiger partial charge on any atom is -0.506 e. The van der Waals surface area contributed by atoms with Gasteiger partial charge < -0.3 is 48.9 Å². The lowest BCUT2D eigenvalue weighted by atomic mass is 10.0. The van der Waals surface area contributed by atoms with Crippen molar-refractivity contribution >= 4 is 68.9 Å². The summed E-state index contributed by atoms with van der Waals surface area (Å²) in [6.45, 7) is 6.87. The molecule has 13 nitrogen and oxygen atoms in total. The zero-order valence-corrected chi connectivity index (χ0v) is 30.0. The maximum Gasteiger partial charge on any atom is 0.242 e. The Morgan fingerprint density at radius 3 is 1.95 bits per heavy atom. The summed E-state index contributed by atoms with van der Waals surface area (Å²) in [7, 11) is 0. The van der Waals surface area contributed by atoms with E-state index in [9.17, 15) is 19.5 Å². The van der Waals surface area contributed by atoms with Gasteiger partial charge in [0, 0.05) is 32.5 Å². The van der Waals surface area contributed by atoms with Crippen molar-refractivity contribution in [1.82, 2.24) is 26.6 Å². The number of guanidine groups is 1. The van der Waals surface area contributed by atoms with Crippen LogP contribution in [0.3, 0.4) is 0 Å². The number of phenols is 1. The van der Waals surface area contributed by atoms with Crippen LogP contribution in [0, 0.1) is 7.14 Å². The monoisotopic (exact) mass is 843 g/mol. The van der Waals surface area contributed by atoms with Crippen molar-refractivity contribution in [2.45, 2.75) is 76.8 Å². The van der Waals surface area contributed by atoms with E-state index in [1.165, 1.54) is 0 Å². The lowest BCUT2D eigenvalue weighted by Gasteiger charge is -2.19. The Kier molecular flexibility index (Phi) is 22.1. The molecule has 0 aliphatic heterocycles. The molecule has 0 aromatic heterocycles. The van der Waals surface area contributed by atoms with E-state index in [0.717, 1.165) is 57.4 Å². The maximum atomic E-state index is 12.9. The highest BCUT2D eigenvalue weighted by atomic mass is 127. The number of hydrogen-bond acceptors (Lipinski definition) is 8. The molecule has 0 heterocycles. The number of halogens is 2. The molecule has 0 unspecified atom stereocenters. The van der Waals surface area contributed by atoms with Crippen molar-refractivity contribution in [3.8, 4) is 5.75 Å². The summed E-state index contributed by atoms with van der Waals surface area (Å²) in [5, 5.41) is 25.5. The van der Waals surface area contributed by atoms with E-state index in [-0.39, 0.29) is 29.4 Å². The Bertz CT molecular complexity index is 1020. The molecule has 44 heavy (non-hydrogen) atoms. The molecule has 0 saturated heterocycles. The molecule has 0 aliphatic rings. The second-order valence-corrected chi connectivity index (χ2v) is 12.9. The lowest BCUT2D eigenvalue weighted by molar-refractivity contribution is -0.129. The molecule has 0 radical (unpaired) electrons. The first-order valence-corrected chi connectivity index (χ1v) is 17.4. The van der Waals surface area contributed by atoms with Crippen molar-refractivity contribution < 1.29 is 19.5 Å². The van der Waals surface area contributed by atoms with E-state index >= 15 is 0 Å². The molecule has 0 spiro atoms. The molecular weight excluding hydrogens is 792 g/mol. The third kappa shape index (κ3) is 18.8. The normalized spacial score (nSPS) is 12.3. The third-order valence-corrected chi connectivity index (χ3v) is 8.21. The molecule has 0 aliphatic carbocycles. The molecule has 0 saturated carbocycles. The lowest BCUT2D eigenvalue weighted by Crippen LogP contribution is -2.48. The average molecular weight is 844 g/mol. The number of rotatable bonds is 24. The van der Waals surface area contributed by atoms with Gasteiger partial charge in [-0.2, -0.15) is 0 Å². The predicted octanol–water partition coefficient (Wildman–Crippen LogP) is 0.782. The third-order valence-electron chi connectivity index (χ3n) is 6.57. The number of carbonyl (C=O) groups excluding carboxylic acids is 3. The van der Waals surface area contributed by atoms with Gasteiger partial charge in [0.05, 0.1) is 13.2 Å². The number of aromatic hydroxyl groups is 1. The Hall–Kier alpha value is -1.96. The smallest absolute Gasteiger partial charge is 0.242 e. The average Bonchev–Trinajstić information content (AvgIpc) is 2.97. The first-order valence-electron chi connectivity index (χ1n) is 15.3. The zero-order chi connectivity index (χ0) is 32.7. The van der Waals surface area contributed by atoms with Gasteiger partial charge in [0.15, 0.2) is 5.96 Å². The van der Waals surface area contributed by atoms with Gasteiger partial charge in [-0.3, -0.25) is 19.4 Å². The minimum absolute atomic E-state index is 0.0410. The van der Waals surface area contributed by atoms with Gasteiger partial charge >= 0.3 is 0 Å². The van der Waals surface area contributed by atoms with Crippen LogP contribution in [-0.2, 0) is 20.8 Å². The molecule has 3 amide bonds. The number of nitrogens with zero attached hydrogens (tertiary/aromatic N) is 1. The van der Waals surface area contributed by atoms with Crippen LogP contribution in [0.25, 0.3) is 0 Å². The summed E-state index contributed by atoms with van der Waals surface area (Å²) in [4.78, 5) is 41.0. The van der Waals surface area contributed by atoms with E-state index in [1.807, 2.05) is 19.1 Å². The zero-order valence-electron chi connectivity index (χ0n) is 25.7. The second kappa shape index (κ2) is 24.3. The van der Waals surface area contributed by atoms with Crippen LogP contribution < -0.4 is 43.8 Å². The van der Waals surface area contributed by atoms with Crippen molar-refractivity contribution in [3.63, 3.8) is 0 Å². The van der Waals surface area contributed by atoms with Crippen molar-refractivity contribution in [1.29, 1.82) is 0 Å². The molecule has 250 valence electrons. The Labute approximate surface area is 288 Å². The minimum atomic E-state index is -0.674. The fraction of sp³-hybridized carbons (Fsp3) is 0.655. The summed E-state index contributed by atoms with van der Waals surface area (Å²) >= 11 is 4.13. The first kappa shape index (κ1) is 40.1. The topological polar surface area (TPSA) is 222 Å². The van der Waals surface area contributed by atoms with Crippen LogP contribution in [0.4, 0.5) is 0 Å². The van der Waals surface area contributed by atoms with Crippen LogP contribution in [-0.4, -0.2) is 86.7 Å². The summed E-state index contributed by atoms with van der Waals surface area (Å²) < 4.78 is 1.42. The Balaban J connectivity index is 2.14. The number of nitrogens with two attached hydrogens (primary N) is 3. The van der Waals surface area contributed by atoms with E-state index in [0.29, 0.717) is 58.9 Å². The molecule has 0 bridgehead atoms. The van der Waals surface area contributed by atoms with Crippen LogP contribution in [0.5, 0.6) is 5.75 Å². The van der Waals surface area contributed by atoms with E-state index in [1.54, 1.807) is 0 Å². The number of nitrogens with one attached hydrogen (secondary N) is 5. The number of hydrogen-bond donors (Lipinski definition) is 9. The Morgan fingerprint density at radius 2 is 1.41 bits per heavy atom. The van der Waals surface area contributed by atoms with Gasteiger partial charge in [-0.1, -0.05) is 6.92 Å². The van der Waals surface area contributed by atoms with Crippen molar-refractivity contribution in [3.05, 3.63) is 24.8 Å². The van der Waals surface area contributed by atoms with Gasteiger partial charge in [0.25, 0.3) is 0 Å². The van der Waals surface area contributed by atoms with E-state index < -0.39 is 12.1 Å². The quantitative estimate of drug-likeness (QED) is 0.0310. The molecule has 1 aromatic rings. The van der Waals surface area contributed by atoms with E-state index in [4.69, 9.17) is 17.2 Å². The van der Waals surface area contributed by atoms with Crippen LogP contribution in [0.15, 0.2) is 17.1 Å². The summed E-state index contributed by atoms with van der Waals surface area (Å²) in [6.07, 6.45) is 6.28. The SMILES string of the molecule is CCCC(=O)N[C@@H](Cc1cc(I)c(O)c(I)c1)C(=O)NCCCNCCCCNCCCNC(=O)[C@@H](N)CCCN=C(N)N. The van der Waals surface area contributed by atoms with Crippen LogP contribution in [0.1, 0.15) is 63.9 Å². The molecular formula is C29H51I2N9O4. The van der Waals surface area contributed by atoms with E-state index in [2.05, 4.69) is 76.8 Å². The van der Waals surface area contributed by atoms with Gasteiger partial charge in [-0.15, -0.1) is 0 Å². The van der Waals surface area contributed by atoms with Crippen LogP contribution in [0.2, 0.25) is 0 Å². The highest BCUT2D eigenvalue weighted by molar-refractivity contribution is 14.1. The second-order valence-electron chi connectivity index (χ2n) is 10.5. The molecule has 12 N–H and O–H groups in total. The van der Waals surface area contributed by atoms with Gasteiger partial charge in [0.1, 0.15) is 11.8 Å². The van der Waals surface area contributed by atoms with Gasteiger partial charge in [-0.25, -0.2) is 0 Å². The van der Waals surface area contributed by atoms with Crippen molar-refractivity contribution in [2.24, 2.45) is 22.2 Å².